The van der Waals surface area contributed by atoms with Gasteiger partial charge in [-0.2, -0.15) is 0 Å². The molecule has 2 aliphatic rings. The Balaban J connectivity index is 1.88. The molecule has 1 atom stereocenters. The van der Waals surface area contributed by atoms with Gasteiger partial charge in [-0.15, -0.1) is 0 Å². The van der Waals surface area contributed by atoms with Gasteiger partial charge in [0.25, 0.3) is 11.5 Å². The first kappa shape index (κ1) is 18.2. The Morgan fingerprint density at radius 2 is 2.14 bits per heavy atom. The minimum Gasteiger partial charge on any atom is -0.384 e. The van der Waals surface area contributed by atoms with Crippen LogP contribution in [0.5, 0.6) is 0 Å². The average molecular weight is 380 g/mol. The number of nitrogen functional groups attached to an aromatic ring is 1. The molecule has 1 amide bonds. The molecule has 1 aliphatic heterocycles. The van der Waals surface area contributed by atoms with Crippen LogP contribution in [0.15, 0.2) is 34.9 Å². The van der Waals surface area contributed by atoms with E-state index in [1.165, 1.54) is 6.33 Å². The molecule has 1 unspecified atom stereocenters. The normalized spacial score (nSPS) is 20.6. The molecule has 0 radical (unpaired) electrons. The first-order chi connectivity index (χ1) is 13.5. The molecular formula is C20H24N6O2. The van der Waals surface area contributed by atoms with Gasteiger partial charge >= 0.3 is 0 Å². The van der Waals surface area contributed by atoms with Crippen molar-refractivity contribution in [2.24, 2.45) is 0 Å². The summed E-state index contributed by atoms with van der Waals surface area (Å²) >= 11 is 0. The molecule has 28 heavy (non-hydrogen) atoms. The van der Waals surface area contributed by atoms with E-state index in [2.05, 4.69) is 33.6 Å². The SMILES string of the molecule is CCCC1=CCCCC12NC(=O)c1c(C)cc(Nc3cc(N)ncn3)c(=O)n12. The van der Waals surface area contributed by atoms with E-state index in [-0.39, 0.29) is 11.5 Å². The van der Waals surface area contributed by atoms with Crippen LogP contribution in [0.1, 0.15) is 55.1 Å². The molecule has 4 rings (SSSR count). The molecule has 1 spiro atoms. The Morgan fingerprint density at radius 1 is 1.32 bits per heavy atom. The van der Waals surface area contributed by atoms with Crippen LogP contribution in [0.3, 0.4) is 0 Å². The summed E-state index contributed by atoms with van der Waals surface area (Å²) in [7, 11) is 0. The molecule has 1 aliphatic carbocycles. The predicted octanol–water partition coefficient (Wildman–Crippen LogP) is 2.58. The summed E-state index contributed by atoms with van der Waals surface area (Å²) in [4.78, 5) is 34.3. The van der Waals surface area contributed by atoms with Crippen molar-refractivity contribution in [3.8, 4) is 0 Å². The highest BCUT2D eigenvalue weighted by Crippen LogP contribution is 2.40. The second-order valence-corrected chi connectivity index (χ2v) is 7.37. The monoisotopic (exact) mass is 380 g/mol. The lowest BCUT2D eigenvalue weighted by Crippen LogP contribution is -2.50. The molecule has 2 aromatic rings. The molecule has 0 saturated heterocycles. The first-order valence-corrected chi connectivity index (χ1v) is 9.60. The van der Waals surface area contributed by atoms with Crippen molar-refractivity contribution in [3.63, 3.8) is 0 Å². The van der Waals surface area contributed by atoms with Gasteiger partial charge in [0.05, 0.1) is 0 Å². The fourth-order valence-corrected chi connectivity index (χ4v) is 4.30. The maximum Gasteiger partial charge on any atom is 0.277 e. The Morgan fingerprint density at radius 3 is 2.89 bits per heavy atom. The molecule has 0 saturated carbocycles. The van der Waals surface area contributed by atoms with E-state index in [4.69, 9.17) is 5.73 Å². The number of aromatic nitrogens is 3. The zero-order chi connectivity index (χ0) is 19.9. The number of rotatable bonds is 4. The van der Waals surface area contributed by atoms with Gasteiger partial charge in [0.2, 0.25) is 0 Å². The molecule has 2 aromatic heterocycles. The van der Waals surface area contributed by atoms with Crippen molar-refractivity contribution in [2.75, 3.05) is 11.1 Å². The van der Waals surface area contributed by atoms with E-state index in [0.717, 1.165) is 36.8 Å². The third-order valence-electron chi connectivity index (χ3n) is 5.44. The van der Waals surface area contributed by atoms with Crippen LogP contribution >= 0.6 is 0 Å². The second-order valence-electron chi connectivity index (χ2n) is 7.37. The molecule has 8 nitrogen and oxygen atoms in total. The fraction of sp³-hybridized carbons (Fsp3) is 0.400. The number of nitrogens with two attached hydrogens (primary N) is 1. The number of carbonyl (C=O) groups is 1. The van der Waals surface area contributed by atoms with Gasteiger partial charge in [0.1, 0.15) is 35.0 Å². The Bertz CT molecular complexity index is 1040. The minimum atomic E-state index is -0.773. The van der Waals surface area contributed by atoms with Crippen molar-refractivity contribution in [2.45, 2.75) is 51.6 Å². The lowest BCUT2D eigenvalue weighted by molar-refractivity contribution is 0.0924. The number of carbonyl (C=O) groups excluding carboxylic acids is 1. The van der Waals surface area contributed by atoms with Crippen molar-refractivity contribution in [1.29, 1.82) is 0 Å². The van der Waals surface area contributed by atoms with Gasteiger partial charge in [-0.25, -0.2) is 9.97 Å². The summed E-state index contributed by atoms with van der Waals surface area (Å²) in [6.07, 6.45) is 7.89. The Labute approximate surface area is 162 Å². The van der Waals surface area contributed by atoms with E-state index in [0.29, 0.717) is 29.4 Å². The van der Waals surface area contributed by atoms with Gasteiger partial charge in [-0.1, -0.05) is 19.4 Å². The zero-order valence-electron chi connectivity index (χ0n) is 16.1. The van der Waals surface area contributed by atoms with Crippen molar-refractivity contribution >= 4 is 23.2 Å². The standard InChI is InChI=1S/C20H24N6O2/c1-3-6-13-7-4-5-8-20(13)25-18(27)17-12(2)9-14(19(28)26(17)20)24-16-10-15(21)22-11-23-16/h7,9-11H,3-6,8H2,1-2H3,(H,25,27)(H3,21,22,23,24). The number of amides is 1. The largest absolute Gasteiger partial charge is 0.384 e. The van der Waals surface area contributed by atoms with Crippen LogP contribution in [0.2, 0.25) is 0 Å². The molecule has 0 aromatic carbocycles. The summed E-state index contributed by atoms with van der Waals surface area (Å²) in [5, 5.41) is 6.18. The number of nitrogens with zero attached hydrogens (tertiary/aromatic N) is 3. The van der Waals surface area contributed by atoms with Crippen molar-refractivity contribution in [1.82, 2.24) is 19.9 Å². The van der Waals surface area contributed by atoms with Crippen molar-refractivity contribution in [3.05, 3.63) is 51.7 Å². The lowest BCUT2D eigenvalue weighted by Gasteiger charge is -2.37. The van der Waals surface area contributed by atoms with Gasteiger partial charge in [0, 0.05) is 6.07 Å². The van der Waals surface area contributed by atoms with Crippen LogP contribution in [0, 0.1) is 6.92 Å². The van der Waals surface area contributed by atoms with Gasteiger partial charge in [0.15, 0.2) is 0 Å². The highest BCUT2D eigenvalue weighted by molar-refractivity contribution is 5.97. The number of anilines is 3. The fourth-order valence-electron chi connectivity index (χ4n) is 4.30. The zero-order valence-corrected chi connectivity index (χ0v) is 16.1. The van der Waals surface area contributed by atoms with Crippen molar-refractivity contribution < 1.29 is 4.79 Å². The van der Waals surface area contributed by atoms with E-state index in [1.54, 1.807) is 16.7 Å². The number of pyridine rings is 1. The van der Waals surface area contributed by atoms with E-state index >= 15 is 0 Å². The lowest BCUT2D eigenvalue weighted by atomic mass is 9.85. The maximum absolute atomic E-state index is 13.5. The van der Waals surface area contributed by atoms with Crippen LogP contribution in [0.4, 0.5) is 17.3 Å². The molecular weight excluding hydrogens is 356 g/mol. The maximum atomic E-state index is 13.5. The number of fused-ring (bicyclic) bond motifs is 2. The van der Waals surface area contributed by atoms with Crippen LogP contribution in [0.25, 0.3) is 0 Å². The van der Waals surface area contributed by atoms with Gasteiger partial charge in [-0.05, 0) is 49.8 Å². The van der Waals surface area contributed by atoms with E-state index in [1.807, 2.05) is 6.92 Å². The van der Waals surface area contributed by atoms with E-state index in [9.17, 15) is 9.59 Å². The number of hydrogen-bond donors (Lipinski definition) is 3. The van der Waals surface area contributed by atoms with Crippen LogP contribution in [-0.4, -0.2) is 20.4 Å². The summed E-state index contributed by atoms with van der Waals surface area (Å²) in [6.45, 7) is 3.95. The molecule has 4 N–H and O–H groups in total. The quantitative estimate of drug-likeness (QED) is 0.702. The number of hydrogen-bond acceptors (Lipinski definition) is 6. The summed E-state index contributed by atoms with van der Waals surface area (Å²) in [5.41, 5.74) is 7.33. The molecule has 8 heteroatoms. The number of nitrogens with one attached hydrogen (secondary N) is 2. The molecule has 0 fully saturated rings. The molecule has 3 heterocycles. The minimum absolute atomic E-state index is 0.198. The molecule has 0 bridgehead atoms. The number of allylic oxidation sites excluding steroid dienone is 1. The van der Waals surface area contributed by atoms with E-state index < -0.39 is 5.66 Å². The van der Waals surface area contributed by atoms with Crippen LogP contribution < -0.4 is 21.9 Å². The third-order valence-corrected chi connectivity index (χ3v) is 5.44. The first-order valence-electron chi connectivity index (χ1n) is 9.60. The van der Waals surface area contributed by atoms with Crippen LogP contribution in [-0.2, 0) is 5.66 Å². The van der Waals surface area contributed by atoms with Gasteiger partial charge in [-0.3, -0.25) is 14.2 Å². The second kappa shape index (κ2) is 6.78. The summed E-state index contributed by atoms with van der Waals surface area (Å²) in [6, 6.07) is 3.26. The average Bonchev–Trinajstić information content (AvgIpc) is 2.95. The smallest absolute Gasteiger partial charge is 0.277 e. The molecule has 146 valence electrons. The predicted molar refractivity (Wildman–Crippen MR) is 107 cm³/mol. The Hall–Kier alpha value is -3.16. The topological polar surface area (TPSA) is 115 Å². The summed E-state index contributed by atoms with van der Waals surface area (Å²) < 4.78 is 1.65. The third kappa shape index (κ3) is 2.76. The summed E-state index contributed by atoms with van der Waals surface area (Å²) in [5.74, 6) is 0.546. The highest BCUT2D eigenvalue weighted by atomic mass is 16.2. The number of aryl methyl sites for hydroxylation is 1. The Kier molecular flexibility index (Phi) is 4.41. The van der Waals surface area contributed by atoms with Gasteiger partial charge < -0.3 is 16.4 Å². The highest BCUT2D eigenvalue weighted by Gasteiger charge is 2.47.